The standard InChI is InChI=1S/C23H34FNO2/c1-22(2,3)18-6-4-17(5-7-18)21(26)25-16-23(12-14-27-15-13-23)19-8-10-20(24)11-9-19/h8-11,17-18H,4-7,12-16H2,1-3H3,(H,25,26). The molecule has 150 valence electrons. The van der Waals surface area contributed by atoms with Gasteiger partial charge in [0.05, 0.1) is 0 Å². The van der Waals surface area contributed by atoms with Crippen molar-refractivity contribution in [2.75, 3.05) is 19.8 Å². The summed E-state index contributed by atoms with van der Waals surface area (Å²) in [5, 5.41) is 3.24. The molecule has 0 bridgehead atoms. The van der Waals surface area contributed by atoms with Crippen LogP contribution in [0.3, 0.4) is 0 Å². The first-order valence-corrected chi connectivity index (χ1v) is 10.4. The molecule has 1 amide bonds. The van der Waals surface area contributed by atoms with Gasteiger partial charge in [0.15, 0.2) is 0 Å². The quantitative estimate of drug-likeness (QED) is 0.817. The van der Waals surface area contributed by atoms with Gasteiger partial charge in [0.2, 0.25) is 5.91 Å². The number of amides is 1. The summed E-state index contributed by atoms with van der Waals surface area (Å²) in [5.74, 6) is 0.812. The van der Waals surface area contributed by atoms with Crippen molar-refractivity contribution >= 4 is 5.91 Å². The van der Waals surface area contributed by atoms with Gasteiger partial charge in [-0.2, -0.15) is 0 Å². The predicted molar refractivity (Wildman–Crippen MR) is 106 cm³/mol. The molecule has 0 radical (unpaired) electrons. The van der Waals surface area contributed by atoms with Crippen LogP contribution in [0, 0.1) is 23.1 Å². The van der Waals surface area contributed by atoms with Gasteiger partial charge in [0, 0.05) is 31.1 Å². The van der Waals surface area contributed by atoms with E-state index >= 15 is 0 Å². The molecule has 2 fully saturated rings. The van der Waals surface area contributed by atoms with Crippen LogP contribution in [0.5, 0.6) is 0 Å². The Bertz CT molecular complexity index is 621. The first-order valence-electron chi connectivity index (χ1n) is 10.4. The molecule has 1 saturated heterocycles. The Morgan fingerprint density at radius 3 is 2.26 bits per heavy atom. The normalized spacial score (nSPS) is 25.8. The van der Waals surface area contributed by atoms with E-state index in [0.717, 1.165) is 44.1 Å². The van der Waals surface area contributed by atoms with E-state index in [9.17, 15) is 9.18 Å². The van der Waals surface area contributed by atoms with E-state index in [1.54, 1.807) is 0 Å². The predicted octanol–water partition coefficient (Wildman–Crippen LogP) is 4.84. The summed E-state index contributed by atoms with van der Waals surface area (Å²) >= 11 is 0. The zero-order valence-corrected chi connectivity index (χ0v) is 17.0. The molecular weight excluding hydrogens is 341 g/mol. The fraction of sp³-hybridized carbons (Fsp3) is 0.696. The summed E-state index contributed by atoms with van der Waals surface area (Å²) in [4.78, 5) is 12.8. The summed E-state index contributed by atoms with van der Waals surface area (Å²) in [6, 6.07) is 6.76. The van der Waals surface area contributed by atoms with Crippen molar-refractivity contribution in [2.45, 2.75) is 64.7 Å². The van der Waals surface area contributed by atoms with Crippen molar-refractivity contribution in [1.29, 1.82) is 0 Å². The van der Waals surface area contributed by atoms with Gasteiger partial charge < -0.3 is 10.1 Å². The van der Waals surface area contributed by atoms with Crippen LogP contribution >= 0.6 is 0 Å². The molecule has 1 aliphatic heterocycles. The minimum Gasteiger partial charge on any atom is -0.381 e. The largest absolute Gasteiger partial charge is 0.381 e. The number of benzene rings is 1. The Morgan fingerprint density at radius 2 is 1.70 bits per heavy atom. The number of halogens is 1. The summed E-state index contributed by atoms with van der Waals surface area (Å²) < 4.78 is 18.9. The van der Waals surface area contributed by atoms with Crippen LogP contribution in [0.15, 0.2) is 24.3 Å². The van der Waals surface area contributed by atoms with Gasteiger partial charge in [0.1, 0.15) is 5.82 Å². The Balaban J connectivity index is 1.61. The maximum Gasteiger partial charge on any atom is 0.223 e. The summed E-state index contributed by atoms with van der Waals surface area (Å²) in [7, 11) is 0. The van der Waals surface area contributed by atoms with Crippen molar-refractivity contribution in [2.24, 2.45) is 17.3 Å². The van der Waals surface area contributed by atoms with Gasteiger partial charge in [-0.05, 0) is 67.6 Å². The number of hydrogen-bond acceptors (Lipinski definition) is 2. The van der Waals surface area contributed by atoms with E-state index in [1.807, 2.05) is 12.1 Å². The highest BCUT2D eigenvalue weighted by Gasteiger charge is 2.37. The van der Waals surface area contributed by atoms with E-state index in [4.69, 9.17) is 4.74 Å². The SMILES string of the molecule is CC(C)(C)C1CCC(C(=O)NCC2(c3ccc(F)cc3)CCOCC2)CC1. The van der Waals surface area contributed by atoms with Gasteiger partial charge in [-0.3, -0.25) is 4.79 Å². The van der Waals surface area contributed by atoms with E-state index in [0.29, 0.717) is 31.1 Å². The average Bonchev–Trinajstić information content (AvgIpc) is 2.67. The third-order valence-electron chi connectivity index (χ3n) is 6.83. The van der Waals surface area contributed by atoms with Gasteiger partial charge in [-0.25, -0.2) is 4.39 Å². The van der Waals surface area contributed by atoms with E-state index in [1.165, 1.54) is 12.1 Å². The molecule has 1 N–H and O–H groups in total. The molecular formula is C23H34FNO2. The maximum absolute atomic E-state index is 13.4. The fourth-order valence-electron chi connectivity index (χ4n) is 4.76. The Hall–Kier alpha value is -1.42. The highest BCUT2D eigenvalue weighted by molar-refractivity contribution is 5.78. The second-order valence-corrected chi connectivity index (χ2v) is 9.53. The van der Waals surface area contributed by atoms with E-state index < -0.39 is 0 Å². The van der Waals surface area contributed by atoms with Gasteiger partial charge in [-0.15, -0.1) is 0 Å². The Labute approximate surface area is 163 Å². The highest BCUT2D eigenvalue weighted by atomic mass is 19.1. The van der Waals surface area contributed by atoms with Crippen molar-refractivity contribution in [3.05, 3.63) is 35.6 Å². The van der Waals surface area contributed by atoms with Crippen LogP contribution in [0.2, 0.25) is 0 Å². The number of rotatable bonds is 4. The van der Waals surface area contributed by atoms with Crippen LogP contribution in [-0.2, 0) is 14.9 Å². The second-order valence-electron chi connectivity index (χ2n) is 9.53. The number of nitrogens with one attached hydrogen (secondary N) is 1. The molecule has 1 aromatic carbocycles. The molecule has 1 heterocycles. The monoisotopic (exact) mass is 375 g/mol. The molecule has 27 heavy (non-hydrogen) atoms. The van der Waals surface area contributed by atoms with Crippen LogP contribution in [0.25, 0.3) is 0 Å². The molecule has 3 rings (SSSR count). The van der Waals surface area contributed by atoms with Crippen LogP contribution in [-0.4, -0.2) is 25.7 Å². The molecule has 0 atom stereocenters. The molecule has 4 heteroatoms. The highest BCUT2D eigenvalue weighted by Crippen LogP contribution is 2.40. The zero-order valence-electron chi connectivity index (χ0n) is 17.0. The van der Waals surface area contributed by atoms with Crippen LogP contribution in [0.1, 0.15) is 64.9 Å². The Kier molecular flexibility index (Phi) is 6.25. The fourth-order valence-corrected chi connectivity index (χ4v) is 4.76. The lowest BCUT2D eigenvalue weighted by Gasteiger charge is -2.39. The smallest absolute Gasteiger partial charge is 0.223 e. The first-order chi connectivity index (χ1) is 12.8. The van der Waals surface area contributed by atoms with Gasteiger partial charge in [0.25, 0.3) is 0 Å². The molecule has 1 aromatic rings. The summed E-state index contributed by atoms with van der Waals surface area (Å²) in [6.45, 7) is 8.88. The molecule has 0 aromatic heterocycles. The van der Waals surface area contributed by atoms with E-state index in [-0.39, 0.29) is 23.1 Å². The number of hydrogen-bond donors (Lipinski definition) is 1. The van der Waals surface area contributed by atoms with Crippen LogP contribution < -0.4 is 5.32 Å². The summed E-state index contributed by atoms with van der Waals surface area (Å²) in [5.41, 5.74) is 1.28. The maximum atomic E-state index is 13.4. The molecule has 1 aliphatic carbocycles. The number of carbonyl (C=O) groups is 1. The van der Waals surface area contributed by atoms with Crippen molar-refractivity contribution in [1.82, 2.24) is 5.32 Å². The Morgan fingerprint density at radius 1 is 1.11 bits per heavy atom. The molecule has 1 saturated carbocycles. The van der Waals surface area contributed by atoms with Crippen LogP contribution in [0.4, 0.5) is 4.39 Å². The van der Waals surface area contributed by atoms with E-state index in [2.05, 4.69) is 26.1 Å². The van der Waals surface area contributed by atoms with Crippen molar-refractivity contribution < 1.29 is 13.9 Å². The lowest BCUT2D eigenvalue weighted by atomic mass is 9.69. The molecule has 3 nitrogen and oxygen atoms in total. The topological polar surface area (TPSA) is 38.3 Å². The minimum absolute atomic E-state index is 0.133. The third-order valence-corrected chi connectivity index (χ3v) is 6.83. The van der Waals surface area contributed by atoms with Gasteiger partial charge in [-0.1, -0.05) is 32.9 Å². The lowest BCUT2D eigenvalue weighted by molar-refractivity contribution is -0.127. The van der Waals surface area contributed by atoms with Crippen molar-refractivity contribution in [3.63, 3.8) is 0 Å². The average molecular weight is 376 g/mol. The molecule has 2 aliphatic rings. The second kappa shape index (κ2) is 8.30. The molecule has 0 unspecified atom stereocenters. The third kappa shape index (κ3) is 4.90. The number of ether oxygens (including phenoxy) is 1. The number of carbonyl (C=O) groups excluding carboxylic acids is 1. The lowest BCUT2D eigenvalue weighted by Crippen LogP contribution is -2.46. The molecule has 0 spiro atoms. The van der Waals surface area contributed by atoms with Crippen molar-refractivity contribution in [3.8, 4) is 0 Å². The summed E-state index contributed by atoms with van der Waals surface area (Å²) in [6.07, 6.45) is 5.96. The minimum atomic E-state index is -0.222. The zero-order chi connectivity index (χ0) is 19.5. The first kappa shape index (κ1) is 20.3. The van der Waals surface area contributed by atoms with Gasteiger partial charge >= 0.3 is 0 Å².